The van der Waals surface area contributed by atoms with Crippen LogP contribution in [0.25, 0.3) is 0 Å². The first-order valence-corrected chi connectivity index (χ1v) is 13.1. The van der Waals surface area contributed by atoms with Gasteiger partial charge in [-0.25, -0.2) is 8.42 Å². The zero-order valence-electron chi connectivity index (χ0n) is 19.8. The molecule has 2 aromatic carbocycles. The summed E-state index contributed by atoms with van der Waals surface area (Å²) in [6.07, 6.45) is 2.61. The molecule has 0 spiro atoms. The Hall–Kier alpha value is -2.74. The van der Waals surface area contributed by atoms with Gasteiger partial charge in [-0.2, -0.15) is 0 Å². The fourth-order valence-corrected chi connectivity index (χ4v) is 5.18. The molecule has 0 aromatic heterocycles. The van der Waals surface area contributed by atoms with E-state index < -0.39 is 10.0 Å². The van der Waals surface area contributed by atoms with Crippen molar-refractivity contribution in [1.82, 2.24) is 5.32 Å². The molecule has 1 unspecified atom stereocenters. The van der Waals surface area contributed by atoms with Gasteiger partial charge in [-0.15, -0.1) is 0 Å². The molecular weight excluding hydrogens is 440 g/mol. The molecular formula is C25H34N2O5S. The Morgan fingerprint density at radius 3 is 2.42 bits per heavy atom. The molecule has 180 valence electrons. The number of sulfonamides is 1. The average Bonchev–Trinajstić information content (AvgIpc) is 2.75. The summed E-state index contributed by atoms with van der Waals surface area (Å²) in [7, 11) is -3.51. The minimum atomic E-state index is -3.51. The van der Waals surface area contributed by atoms with Crippen LogP contribution in [0.15, 0.2) is 48.5 Å². The summed E-state index contributed by atoms with van der Waals surface area (Å²) in [5.74, 6) is 1.05. The molecule has 7 nitrogen and oxygen atoms in total. The number of hydrogen-bond acceptors (Lipinski definition) is 5. The van der Waals surface area contributed by atoms with Crippen molar-refractivity contribution in [3.8, 4) is 11.5 Å². The molecule has 1 N–H and O–H groups in total. The highest BCUT2D eigenvalue weighted by Crippen LogP contribution is 2.34. The summed E-state index contributed by atoms with van der Waals surface area (Å²) in [5.41, 5.74) is 1.66. The van der Waals surface area contributed by atoms with Crippen LogP contribution in [-0.4, -0.2) is 46.4 Å². The van der Waals surface area contributed by atoms with E-state index in [0.29, 0.717) is 36.8 Å². The number of nitrogens with one attached hydrogen (secondary N) is 1. The molecule has 0 radical (unpaired) electrons. The number of ether oxygens (including phenoxy) is 2. The molecule has 1 aliphatic heterocycles. The predicted octanol–water partition coefficient (Wildman–Crippen LogP) is 3.88. The van der Waals surface area contributed by atoms with Crippen LogP contribution in [0, 0.1) is 0 Å². The highest BCUT2D eigenvalue weighted by molar-refractivity contribution is 7.92. The Kier molecular flexibility index (Phi) is 7.89. The number of rotatable bonds is 10. The molecule has 2 aromatic rings. The second-order valence-electron chi connectivity index (χ2n) is 9.19. The van der Waals surface area contributed by atoms with Gasteiger partial charge in [-0.05, 0) is 42.9 Å². The molecule has 0 aliphatic carbocycles. The van der Waals surface area contributed by atoms with Gasteiger partial charge in [0.25, 0.3) is 0 Å². The third-order valence-corrected chi connectivity index (χ3v) is 6.95. The summed E-state index contributed by atoms with van der Waals surface area (Å²) >= 11 is 0. The molecule has 8 heteroatoms. The Morgan fingerprint density at radius 2 is 1.76 bits per heavy atom. The van der Waals surface area contributed by atoms with E-state index in [0.717, 1.165) is 12.7 Å². The highest BCUT2D eigenvalue weighted by atomic mass is 32.2. The van der Waals surface area contributed by atoms with Crippen LogP contribution < -0.4 is 19.1 Å². The average molecular weight is 475 g/mol. The SMILES string of the molecule is CC(CC(C)(C)c1ccccc1)NC(=O)CCCN(c1ccc2c(c1)OCCO2)S(C)(=O)=O. The van der Waals surface area contributed by atoms with Crippen molar-refractivity contribution in [2.45, 2.75) is 51.5 Å². The van der Waals surface area contributed by atoms with Crippen LogP contribution in [0.1, 0.15) is 45.6 Å². The largest absolute Gasteiger partial charge is 0.486 e. The van der Waals surface area contributed by atoms with Gasteiger partial charge in [0, 0.05) is 25.1 Å². The fourth-order valence-electron chi connectivity index (χ4n) is 4.23. The van der Waals surface area contributed by atoms with Crippen LogP contribution in [0.2, 0.25) is 0 Å². The molecule has 0 saturated heterocycles. The van der Waals surface area contributed by atoms with E-state index in [1.54, 1.807) is 18.2 Å². The van der Waals surface area contributed by atoms with E-state index in [1.807, 2.05) is 25.1 Å². The van der Waals surface area contributed by atoms with E-state index in [1.165, 1.54) is 9.87 Å². The van der Waals surface area contributed by atoms with Gasteiger partial charge in [-0.1, -0.05) is 44.2 Å². The number of carbonyl (C=O) groups is 1. The van der Waals surface area contributed by atoms with Gasteiger partial charge in [0.2, 0.25) is 15.9 Å². The van der Waals surface area contributed by atoms with Crippen molar-refractivity contribution >= 4 is 21.6 Å². The molecule has 1 heterocycles. The maximum atomic E-state index is 12.5. The van der Waals surface area contributed by atoms with Crippen molar-refractivity contribution in [2.24, 2.45) is 0 Å². The van der Waals surface area contributed by atoms with Gasteiger partial charge in [0.1, 0.15) is 13.2 Å². The Morgan fingerprint density at radius 1 is 1.09 bits per heavy atom. The number of amides is 1. The summed E-state index contributed by atoms with van der Waals surface area (Å²) < 4.78 is 37.2. The van der Waals surface area contributed by atoms with E-state index in [-0.39, 0.29) is 30.3 Å². The number of fused-ring (bicyclic) bond motifs is 1. The number of benzene rings is 2. The summed E-state index contributed by atoms with van der Waals surface area (Å²) in [4.78, 5) is 12.5. The van der Waals surface area contributed by atoms with Gasteiger partial charge in [-0.3, -0.25) is 9.10 Å². The minimum Gasteiger partial charge on any atom is -0.486 e. The molecule has 33 heavy (non-hydrogen) atoms. The van der Waals surface area contributed by atoms with Gasteiger partial charge < -0.3 is 14.8 Å². The zero-order valence-corrected chi connectivity index (χ0v) is 20.7. The van der Waals surface area contributed by atoms with Crippen LogP contribution in [0.4, 0.5) is 5.69 Å². The number of carbonyl (C=O) groups excluding carboxylic acids is 1. The lowest BCUT2D eigenvalue weighted by Gasteiger charge is -2.29. The summed E-state index contributed by atoms with van der Waals surface area (Å²) in [5, 5.41) is 3.06. The Labute approximate surface area is 197 Å². The van der Waals surface area contributed by atoms with Crippen LogP contribution in [0.5, 0.6) is 11.5 Å². The number of hydrogen-bond donors (Lipinski definition) is 1. The van der Waals surface area contributed by atoms with Gasteiger partial charge >= 0.3 is 0 Å². The van der Waals surface area contributed by atoms with Gasteiger partial charge in [0.15, 0.2) is 11.5 Å². The van der Waals surface area contributed by atoms with Gasteiger partial charge in [0.05, 0.1) is 11.9 Å². The third-order valence-electron chi connectivity index (χ3n) is 5.76. The first-order chi connectivity index (χ1) is 15.6. The summed E-state index contributed by atoms with van der Waals surface area (Å²) in [6.45, 7) is 7.44. The summed E-state index contributed by atoms with van der Waals surface area (Å²) in [6, 6.07) is 15.3. The van der Waals surface area contributed by atoms with Crippen molar-refractivity contribution in [2.75, 3.05) is 30.3 Å². The molecule has 3 rings (SSSR count). The smallest absolute Gasteiger partial charge is 0.232 e. The Balaban J connectivity index is 1.54. The lowest BCUT2D eigenvalue weighted by molar-refractivity contribution is -0.121. The minimum absolute atomic E-state index is 0.00323. The normalized spacial score (nSPS) is 14.4. The Bertz CT molecular complexity index is 1050. The lowest BCUT2D eigenvalue weighted by Crippen LogP contribution is -2.38. The highest BCUT2D eigenvalue weighted by Gasteiger charge is 2.24. The van der Waals surface area contributed by atoms with Crippen molar-refractivity contribution in [3.63, 3.8) is 0 Å². The van der Waals surface area contributed by atoms with Crippen molar-refractivity contribution in [1.29, 1.82) is 0 Å². The number of anilines is 1. The van der Waals surface area contributed by atoms with E-state index >= 15 is 0 Å². The first kappa shape index (κ1) is 24.9. The molecule has 0 fully saturated rings. The van der Waals surface area contributed by atoms with E-state index in [9.17, 15) is 13.2 Å². The van der Waals surface area contributed by atoms with Crippen molar-refractivity contribution < 1.29 is 22.7 Å². The van der Waals surface area contributed by atoms with E-state index in [2.05, 4.69) is 31.3 Å². The molecule has 1 amide bonds. The maximum absolute atomic E-state index is 12.5. The van der Waals surface area contributed by atoms with Crippen molar-refractivity contribution in [3.05, 3.63) is 54.1 Å². The molecule has 0 bridgehead atoms. The lowest BCUT2D eigenvalue weighted by atomic mass is 9.79. The predicted molar refractivity (Wildman–Crippen MR) is 131 cm³/mol. The third kappa shape index (κ3) is 6.87. The zero-order chi connectivity index (χ0) is 24.1. The molecule has 0 saturated carbocycles. The fraction of sp³-hybridized carbons (Fsp3) is 0.480. The maximum Gasteiger partial charge on any atom is 0.232 e. The molecule has 1 aliphatic rings. The van der Waals surface area contributed by atoms with Crippen LogP contribution in [0.3, 0.4) is 0 Å². The van der Waals surface area contributed by atoms with Crippen LogP contribution >= 0.6 is 0 Å². The standard InChI is InChI=1S/C25H34N2O5S/c1-19(18-25(2,3)20-9-6-5-7-10-20)26-24(28)11-8-14-27(33(4,29)30)21-12-13-22-23(17-21)32-16-15-31-22/h5-7,9-10,12-13,17,19H,8,11,14-16,18H2,1-4H3,(H,26,28). The second-order valence-corrected chi connectivity index (χ2v) is 11.1. The monoisotopic (exact) mass is 474 g/mol. The molecule has 1 atom stereocenters. The van der Waals surface area contributed by atoms with E-state index in [4.69, 9.17) is 9.47 Å². The second kappa shape index (κ2) is 10.5. The first-order valence-electron chi connectivity index (χ1n) is 11.3. The quantitative estimate of drug-likeness (QED) is 0.565. The topological polar surface area (TPSA) is 84.9 Å². The van der Waals surface area contributed by atoms with Crippen LogP contribution in [-0.2, 0) is 20.2 Å². The number of nitrogens with zero attached hydrogens (tertiary/aromatic N) is 1.